The maximum Gasteiger partial charge on any atom is 0.374 e. The van der Waals surface area contributed by atoms with Gasteiger partial charge in [-0.1, -0.05) is 29.4 Å². The summed E-state index contributed by atoms with van der Waals surface area (Å²) in [5.74, 6) is 0.281. The molecule has 0 unspecified atom stereocenters. The van der Waals surface area contributed by atoms with Crippen LogP contribution < -0.4 is 0 Å². The summed E-state index contributed by atoms with van der Waals surface area (Å²) in [6.07, 6.45) is 5.07. The molecule has 0 aliphatic rings. The zero-order valence-corrected chi connectivity index (χ0v) is 13.8. The topological polar surface area (TPSA) is 57.3 Å². The molecule has 7 heteroatoms. The molecule has 0 aliphatic heterocycles. The molecule has 0 aliphatic carbocycles. The van der Waals surface area contributed by atoms with Crippen molar-refractivity contribution >= 4 is 29.3 Å². The first kappa shape index (κ1) is 15.7. The van der Waals surface area contributed by atoms with Gasteiger partial charge in [-0.3, -0.25) is 4.57 Å². The predicted molar refractivity (Wildman–Crippen MR) is 88.2 cm³/mol. The van der Waals surface area contributed by atoms with Gasteiger partial charge in [0, 0.05) is 34.4 Å². The van der Waals surface area contributed by atoms with Gasteiger partial charge in [-0.15, -0.1) is 0 Å². The highest BCUT2D eigenvalue weighted by molar-refractivity contribution is 7.98. The molecule has 5 nitrogen and oxygen atoms in total. The quantitative estimate of drug-likeness (QED) is 0.511. The number of thioether (sulfide) groups is 1. The number of methoxy groups -OCH3 is 1. The highest BCUT2D eigenvalue weighted by atomic mass is 35.5. The zero-order valence-electron chi connectivity index (χ0n) is 12.2. The number of furan rings is 1. The van der Waals surface area contributed by atoms with E-state index in [0.29, 0.717) is 10.8 Å². The molecule has 0 atom stereocenters. The van der Waals surface area contributed by atoms with Crippen molar-refractivity contribution in [1.29, 1.82) is 0 Å². The lowest BCUT2D eigenvalue weighted by Gasteiger charge is -2.07. The third kappa shape index (κ3) is 3.43. The minimum absolute atomic E-state index is 0.223. The molecular weight excluding hydrogens is 336 g/mol. The molecule has 0 radical (unpaired) electrons. The summed E-state index contributed by atoms with van der Waals surface area (Å²) in [7, 11) is 1.33. The monoisotopic (exact) mass is 348 g/mol. The number of hydrogen-bond acceptors (Lipinski definition) is 5. The highest BCUT2D eigenvalue weighted by Crippen LogP contribution is 2.27. The Bertz CT molecular complexity index is 828. The Labute approximate surface area is 142 Å². The molecular formula is C16H13ClN2O3S. The fourth-order valence-corrected chi connectivity index (χ4v) is 3.22. The van der Waals surface area contributed by atoms with Crippen molar-refractivity contribution in [3.05, 3.63) is 65.3 Å². The summed E-state index contributed by atoms with van der Waals surface area (Å²) in [6, 6.07) is 9.28. The molecule has 3 rings (SSSR count). The Morgan fingerprint density at radius 3 is 3.09 bits per heavy atom. The summed E-state index contributed by atoms with van der Waals surface area (Å²) in [5, 5.41) is 1.46. The summed E-state index contributed by atoms with van der Waals surface area (Å²) >= 11 is 7.53. The van der Waals surface area contributed by atoms with Crippen LogP contribution in [0.3, 0.4) is 0 Å². The van der Waals surface area contributed by atoms with Gasteiger partial charge < -0.3 is 9.15 Å². The van der Waals surface area contributed by atoms with E-state index in [4.69, 9.17) is 20.8 Å². The van der Waals surface area contributed by atoms with Crippen molar-refractivity contribution in [3.63, 3.8) is 0 Å². The number of hydrogen-bond donors (Lipinski definition) is 0. The molecule has 0 spiro atoms. The van der Waals surface area contributed by atoms with Crippen LogP contribution >= 0.6 is 23.4 Å². The first-order chi connectivity index (χ1) is 11.2. The van der Waals surface area contributed by atoms with Gasteiger partial charge in [0.05, 0.1) is 13.4 Å². The number of ether oxygens (including phenoxy) is 1. The minimum atomic E-state index is -0.483. The average molecular weight is 349 g/mol. The zero-order chi connectivity index (χ0) is 16.2. The molecule has 0 fully saturated rings. The molecule has 23 heavy (non-hydrogen) atoms. The maximum absolute atomic E-state index is 11.6. The smallest absolute Gasteiger partial charge is 0.374 e. The number of aromatic nitrogens is 2. The lowest BCUT2D eigenvalue weighted by Crippen LogP contribution is -2.02. The Balaban J connectivity index is 1.79. The van der Waals surface area contributed by atoms with E-state index in [0.717, 1.165) is 16.4 Å². The SMILES string of the molecule is COC(=O)c1occc1CSc1nccn1-c1cccc(Cl)c1. The summed E-state index contributed by atoms with van der Waals surface area (Å²) < 4.78 is 11.8. The van der Waals surface area contributed by atoms with Gasteiger partial charge in [0.1, 0.15) is 0 Å². The largest absolute Gasteiger partial charge is 0.463 e. The van der Waals surface area contributed by atoms with Crippen LogP contribution in [-0.4, -0.2) is 22.6 Å². The first-order valence-electron chi connectivity index (χ1n) is 6.76. The van der Waals surface area contributed by atoms with Crippen LogP contribution in [0.2, 0.25) is 5.02 Å². The second-order valence-electron chi connectivity index (χ2n) is 4.61. The van der Waals surface area contributed by atoms with Crippen LogP contribution in [0.15, 0.2) is 58.6 Å². The van der Waals surface area contributed by atoms with Crippen molar-refractivity contribution in [1.82, 2.24) is 9.55 Å². The molecule has 0 amide bonds. The van der Waals surface area contributed by atoms with Crippen molar-refractivity contribution in [2.45, 2.75) is 10.9 Å². The van der Waals surface area contributed by atoms with Crippen molar-refractivity contribution in [2.24, 2.45) is 0 Å². The molecule has 0 bridgehead atoms. The van der Waals surface area contributed by atoms with E-state index < -0.39 is 5.97 Å². The van der Waals surface area contributed by atoms with E-state index in [1.807, 2.05) is 35.0 Å². The van der Waals surface area contributed by atoms with E-state index in [1.165, 1.54) is 25.1 Å². The van der Waals surface area contributed by atoms with Crippen LogP contribution in [-0.2, 0) is 10.5 Å². The van der Waals surface area contributed by atoms with Gasteiger partial charge in [0.2, 0.25) is 5.76 Å². The lowest BCUT2D eigenvalue weighted by molar-refractivity contribution is 0.0564. The second kappa shape index (κ2) is 6.93. The number of imidazole rings is 1. The first-order valence-corrected chi connectivity index (χ1v) is 8.12. The van der Waals surface area contributed by atoms with Gasteiger partial charge in [-0.2, -0.15) is 0 Å². The third-order valence-corrected chi connectivity index (χ3v) is 4.42. The molecule has 0 saturated heterocycles. The Kier molecular flexibility index (Phi) is 4.73. The molecule has 118 valence electrons. The van der Waals surface area contributed by atoms with E-state index in [-0.39, 0.29) is 5.76 Å². The van der Waals surface area contributed by atoms with Gasteiger partial charge in [0.25, 0.3) is 0 Å². The summed E-state index contributed by atoms with van der Waals surface area (Å²) in [4.78, 5) is 16.0. The second-order valence-corrected chi connectivity index (χ2v) is 5.99. The summed E-state index contributed by atoms with van der Waals surface area (Å²) in [5.41, 5.74) is 1.69. The Morgan fingerprint density at radius 2 is 2.30 bits per heavy atom. The third-order valence-electron chi connectivity index (χ3n) is 3.17. The summed E-state index contributed by atoms with van der Waals surface area (Å²) in [6.45, 7) is 0. The van der Waals surface area contributed by atoms with E-state index >= 15 is 0 Å². The maximum atomic E-state index is 11.6. The number of esters is 1. The fraction of sp³-hybridized carbons (Fsp3) is 0.125. The predicted octanol–water partition coefficient (Wildman–Crippen LogP) is 4.20. The molecule has 0 N–H and O–H groups in total. The van der Waals surface area contributed by atoms with E-state index in [1.54, 1.807) is 12.3 Å². The van der Waals surface area contributed by atoms with Crippen LogP contribution in [0.5, 0.6) is 0 Å². The number of rotatable bonds is 5. The Morgan fingerprint density at radius 1 is 1.43 bits per heavy atom. The van der Waals surface area contributed by atoms with Gasteiger partial charge in [-0.25, -0.2) is 9.78 Å². The minimum Gasteiger partial charge on any atom is -0.463 e. The van der Waals surface area contributed by atoms with Crippen LogP contribution in [0.25, 0.3) is 5.69 Å². The molecule has 1 aromatic carbocycles. The number of benzene rings is 1. The molecule has 2 aromatic heterocycles. The van der Waals surface area contributed by atoms with Crippen molar-refractivity contribution in [3.8, 4) is 5.69 Å². The molecule has 0 saturated carbocycles. The van der Waals surface area contributed by atoms with E-state index in [9.17, 15) is 4.79 Å². The normalized spacial score (nSPS) is 10.7. The Hall–Kier alpha value is -2.18. The highest BCUT2D eigenvalue weighted by Gasteiger charge is 2.17. The average Bonchev–Trinajstić information content (AvgIpc) is 3.21. The van der Waals surface area contributed by atoms with Gasteiger partial charge in [-0.05, 0) is 24.3 Å². The van der Waals surface area contributed by atoms with Crippen molar-refractivity contribution < 1.29 is 13.9 Å². The van der Waals surface area contributed by atoms with Gasteiger partial charge in [0.15, 0.2) is 5.16 Å². The van der Waals surface area contributed by atoms with Crippen molar-refractivity contribution in [2.75, 3.05) is 7.11 Å². The number of carbonyl (C=O) groups excluding carboxylic acids is 1. The number of carbonyl (C=O) groups is 1. The standard InChI is InChI=1S/C16H13ClN2O3S/c1-21-15(20)14-11(5-8-22-14)10-23-16-18-6-7-19(16)13-4-2-3-12(17)9-13/h2-9H,10H2,1H3. The van der Waals surface area contributed by atoms with Crippen LogP contribution in [0.1, 0.15) is 16.1 Å². The molecule has 2 heterocycles. The van der Waals surface area contributed by atoms with Crippen LogP contribution in [0, 0.1) is 0 Å². The van der Waals surface area contributed by atoms with E-state index in [2.05, 4.69) is 4.98 Å². The molecule has 3 aromatic rings. The number of nitrogens with zero attached hydrogens (tertiary/aromatic N) is 2. The number of halogens is 1. The van der Waals surface area contributed by atoms with Crippen LogP contribution in [0.4, 0.5) is 0 Å². The fourth-order valence-electron chi connectivity index (χ4n) is 2.08. The lowest BCUT2D eigenvalue weighted by atomic mass is 10.3. The van der Waals surface area contributed by atoms with Gasteiger partial charge >= 0.3 is 5.97 Å².